The Balaban J connectivity index is 2.41. The van der Waals surface area contributed by atoms with Crippen molar-refractivity contribution < 1.29 is 4.79 Å². The molecule has 2 atom stereocenters. The molecule has 0 saturated carbocycles. The SMILES string of the molecule is CCC(C)C(CCCCN(C)C)(CNC(=O)CN(CC)CC)c1cccc2ccccc12. The molecule has 4 nitrogen and oxygen atoms in total. The van der Waals surface area contributed by atoms with E-state index < -0.39 is 0 Å². The van der Waals surface area contributed by atoms with Gasteiger partial charge in [0.05, 0.1) is 6.54 Å². The van der Waals surface area contributed by atoms with Gasteiger partial charge in [0.1, 0.15) is 0 Å². The Bertz CT molecular complexity index is 825. The molecule has 32 heavy (non-hydrogen) atoms. The fraction of sp³-hybridized carbons (Fsp3) is 0.607. The fourth-order valence-electron chi connectivity index (χ4n) is 4.89. The molecule has 178 valence electrons. The van der Waals surface area contributed by atoms with Crippen LogP contribution in [0.2, 0.25) is 0 Å². The molecule has 2 aromatic rings. The highest BCUT2D eigenvalue weighted by molar-refractivity contribution is 5.87. The average molecular weight is 440 g/mol. The maximum atomic E-state index is 12.9. The van der Waals surface area contributed by atoms with E-state index >= 15 is 0 Å². The van der Waals surface area contributed by atoms with Crippen molar-refractivity contribution in [2.24, 2.45) is 5.92 Å². The van der Waals surface area contributed by atoms with E-state index in [4.69, 9.17) is 0 Å². The summed E-state index contributed by atoms with van der Waals surface area (Å²) in [5.41, 5.74) is 1.30. The first kappa shape index (κ1) is 26.3. The van der Waals surface area contributed by atoms with Crippen molar-refractivity contribution >= 4 is 16.7 Å². The van der Waals surface area contributed by atoms with Gasteiger partial charge in [-0.25, -0.2) is 0 Å². The van der Waals surface area contributed by atoms with Crippen LogP contribution in [0, 0.1) is 5.92 Å². The van der Waals surface area contributed by atoms with E-state index in [0.717, 1.165) is 38.9 Å². The summed E-state index contributed by atoms with van der Waals surface area (Å²) < 4.78 is 0. The Kier molecular flexibility index (Phi) is 10.7. The first-order valence-electron chi connectivity index (χ1n) is 12.5. The van der Waals surface area contributed by atoms with Gasteiger partial charge in [0.15, 0.2) is 0 Å². The number of likely N-dealkylation sites (N-methyl/N-ethyl adjacent to an activating group) is 1. The summed E-state index contributed by atoms with van der Waals surface area (Å²) in [6, 6.07) is 15.4. The van der Waals surface area contributed by atoms with Gasteiger partial charge in [0.2, 0.25) is 5.91 Å². The molecule has 2 rings (SSSR count). The van der Waals surface area contributed by atoms with Crippen LogP contribution < -0.4 is 5.32 Å². The molecule has 0 spiro atoms. The molecule has 0 radical (unpaired) electrons. The molecule has 1 N–H and O–H groups in total. The molecule has 0 aliphatic heterocycles. The van der Waals surface area contributed by atoms with E-state index in [1.54, 1.807) is 0 Å². The van der Waals surface area contributed by atoms with Crippen LogP contribution in [-0.2, 0) is 10.2 Å². The van der Waals surface area contributed by atoms with Gasteiger partial charge >= 0.3 is 0 Å². The summed E-state index contributed by atoms with van der Waals surface area (Å²) >= 11 is 0. The second-order valence-electron chi connectivity index (χ2n) is 9.49. The lowest BCUT2D eigenvalue weighted by Crippen LogP contribution is -2.47. The number of carbonyl (C=O) groups excluding carboxylic acids is 1. The van der Waals surface area contributed by atoms with Gasteiger partial charge in [-0.1, -0.05) is 83.0 Å². The quantitative estimate of drug-likeness (QED) is 0.405. The van der Waals surface area contributed by atoms with Gasteiger partial charge in [-0.2, -0.15) is 0 Å². The number of hydrogen-bond donors (Lipinski definition) is 1. The van der Waals surface area contributed by atoms with E-state index in [0.29, 0.717) is 19.0 Å². The molecule has 4 heteroatoms. The van der Waals surface area contributed by atoms with Gasteiger partial charge in [0.25, 0.3) is 0 Å². The highest BCUT2D eigenvalue weighted by atomic mass is 16.2. The summed E-state index contributed by atoms with van der Waals surface area (Å²) in [5.74, 6) is 0.594. The molecule has 2 unspecified atom stereocenters. The lowest BCUT2D eigenvalue weighted by Gasteiger charge is -2.41. The smallest absolute Gasteiger partial charge is 0.234 e. The summed E-state index contributed by atoms with van der Waals surface area (Å²) in [5, 5.41) is 5.96. The van der Waals surface area contributed by atoms with E-state index in [9.17, 15) is 4.79 Å². The number of nitrogens with one attached hydrogen (secondary N) is 1. The number of amides is 1. The van der Waals surface area contributed by atoms with Gasteiger partial charge in [0, 0.05) is 12.0 Å². The van der Waals surface area contributed by atoms with Crippen LogP contribution in [0.5, 0.6) is 0 Å². The Morgan fingerprint density at radius 1 is 1.00 bits per heavy atom. The number of nitrogens with zero attached hydrogens (tertiary/aromatic N) is 2. The minimum Gasteiger partial charge on any atom is -0.354 e. The molecule has 0 saturated heterocycles. The maximum absolute atomic E-state index is 12.9. The van der Waals surface area contributed by atoms with Crippen molar-refractivity contribution in [3.8, 4) is 0 Å². The van der Waals surface area contributed by atoms with E-state index in [1.165, 1.54) is 22.8 Å². The molecule has 2 aromatic carbocycles. The number of benzene rings is 2. The second-order valence-corrected chi connectivity index (χ2v) is 9.49. The first-order valence-corrected chi connectivity index (χ1v) is 12.5. The Morgan fingerprint density at radius 2 is 1.69 bits per heavy atom. The van der Waals surface area contributed by atoms with Crippen LogP contribution in [0.3, 0.4) is 0 Å². The molecular weight excluding hydrogens is 394 g/mol. The minimum atomic E-state index is -0.0825. The highest BCUT2D eigenvalue weighted by Gasteiger charge is 2.38. The molecular formula is C28H45N3O. The van der Waals surface area contributed by atoms with Crippen molar-refractivity contribution in [1.29, 1.82) is 0 Å². The first-order chi connectivity index (χ1) is 15.4. The normalized spacial score (nSPS) is 14.6. The van der Waals surface area contributed by atoms with Crippen LogP contribution in [0.25, 0.3) is 10.8 Å². The monoisotopic (exact) mass is 439 g/mol. The zero-order chi connectivity index (χ0) is 23.6. The van der Waals surface area contributed by atoms with Crippen molar-refractivity contribution in [2.75, 3.05) is 46.8 Å². The molecule has 0 fully saturated rings. The van der Waals surface area contributed by atoms with Crippen LogP contribution in [0.1, 0.15) is 58.9 Å². The van der Waals surface area contributed by atoms with Gasteiger partial charge in [-0.05, 0) is 68.8 Å². The van der Waals surface area contributed by atoms with Gasteiger partial charge in [-0.3, -0.25) is 9.69 Å². The van der Waals surface area contributed by atoms with Crippen molar-refractivity contribution in [2.45, 2.75) is 58.8 Å². The predicted molar refractivity (Wildman–Crippen MR) is 138 cm³/mol. The Labute approximate surface area is 196 Å². The average Bonchev–Trinajstić information content (AvgIpc) is 2.81. The molecule has 0 heterocycles. The molecule has 0 aliphatic rings. The Hall–Kier alpha value is -1.91. The zero-order valence-corrected chi connectivity index (χ0v) is 21.3. The topological polar surface area (TPSA) is 35.6 Å². The minimum absolute atomic E-state index is 0.0825. The predicted octanol–water partition coefficient (Wildman–Crippen LogP) is 5.31. The van der Waals surface area contributed by atoms with Crippen molar-refractivity contribution in [3.63, 3.8) is 0 Å². The second kappa shape index (κ2) is 13.0. The van der Waals surface area contributed by atoms with E-state index in [-0.39, 0.29) is 11.3 Å². The van der Waals surface area contributed by atoms with Crippen LogP contribution in [-0.4, -0.2) is 62.5 Å². The molecule has 0 aliphatic carbocycles. The van der Waals surface area contributed by atoms with Crippen molar-refractivity contribution in [3.05, 3.63) is 48.0 Å². The third-order valence-corrected chi connectivity index (χ3v) is 7.22. The maximum Gasteiger partial charge on any atom is 0.234 e. The van der Waals surface area contributed by atoms with Crippen LogP contribution in [0.15, 0.2) is 42.5 Å². The largest absolute Gasteiger partial charge is 0.354 e. The lowest BCUT2D eigenvalue weighted by molar-refractivity contribution is -0.122. The Morgan fingerprint density at radius 3 is 2.34 bits per heavy atom. The van der Waals surface area contributed by atoms with Crippen LogP contribution in [0.4, 0.5) is 0 Å². The van der Waals surface area contributed by atoms with E-state index in [1.807, 2.05) is 0 Å². The number of fused-ring (bicyclic) bond motifs is 1. The third-order valence-electron chi connectivity index (χ3n) is 7.22. The summed E-state index contributed by atoms with van der Waals surface area (Å²) in [4.78, 5) is 17.3. The number of unbranched alkanes of at least 4 members (excludes halogenated alkanes) is 1. The number of rotatable bonds is 14. The lowest BCUT2D eigenvalue weighted by atomic mass is 9.65. The fourth-order valence-corrected chi connectivity index (χ4v) is 4.89. The highest BCUT2D eigenvalue weighted by Crippen LogP contribution is 2.42. The molecule has 0 bridgehead atoms. The molecule has 1 amide bonds. The summed E-state index contributed by atoms with van der Waals surface area (Å²) in [6.45, 7) is 12.9. The van der Waals surface area contributed by atoms with Crippen molar-refractivity contribution in [1.82, 2.24) is 15.1 Å². The van der Waals surface area contributed by atoms with Gasteiger partial charge < -0.3 is 10.2 Å². The zero-order valence-electron chi connectivity index (χ0n) is 21.3. The summed E-state index contributed by atoms with van der Waals surface area (Å²) in [7, 11) is 4.28. The number of hydrogen-bond acceptors (Lipinski definition) is 3. The standard InChI is InChI=1S/C28H45N3O/c1-7-23(4)28(19-12-13-20-30(5)6,22-29-27(32)21-31(8-2)9-3)26-18-14-16-24-15-10-11-17-25(24)26/h10-11,14-18,23H,7-9,12-13,19-22H2,1-6H3,(H,29,32). The van der Waals surface area contributed by atoms with E-state index in [2.05, 4.69) is 99.4 Å². The summed E-state index contributed by atoms with van der Waals surface area (Å²) in [6.07, 6.45) is 4.49. The van der Waals surface area contributed by atoms with Gasteiger partial charge in [-0.15, -0.1) is 0 Å². The molecule has 0 aromatic heterocycles. The number of carbonyl (C=O) groups is 1. The van der Waals surface area contributed by atoms with Crippen LogP contribution >= 0.6 is 0 Å². The third kappa shape index (κ3) is 6.79.